The Hall–Kier alpha value is -2.80. The van der Waals surface area contributed by atoms with Gasteiger partial charge in [0.2, 0.25) is 0 Å². The van der Waals surface area contributed by atoms with Crippen molar-refractivity contribution in [3.05, 3.63) is 24.8 Å². The van der Waals surface area contributed by atoms with Gasteiger partial charge in [-0.2, -0.15) is 0 Å². The van der Waals surface area contributed by atoms with E-state index in [1.807, 2.05) is 24.1 Å². The number of amides is 1. The number of carbonyl (C=O) groups is 1. The Morgan fingerprint density at radius 1 is 1.31 bits per heavy atom. The maximum Gasteiger partial charge on any atom is 0.407 e. The summed E-state index contributed by atoms with van der Waals surface area (Å²) in [4.78, 5) is 25.8. The first kappa shape index (κ1) is 23.9. The lowest BCUT2D eigenvalue weighted by molar-refractivity contribution is -0.0414. The second-order valence-electron chi connectivity index (χ2n) is 8.70. The van der Waals surface area contributed by atoms with Gasteiger partial charge in [-0.15, -0.1) is 0 Å². The first-order valence-electron chi connectivity index (χ1n) is 10.3. The van der Waals surface area contributed by atoms with Crippen molar-refractivity contribution >= 4 is 23.1 Å². The van der Waals surface area contributed by atoms with Crippen LogP contribution in [0.15, 0.2) is 24.8 Å². The number of hydrogen-bond acceptors (Lipinski definition) is 10. The SMILES string of the molecule is CN(C/C=C\CNC(=O)OC(C)(C)C)C[C@H]1O[C@@H](n2cnc3c(N)ncnc32)[C@H](O)[C@@H]1O. The van der Waals surface area contributed by atoms with Crippen molar-refractivity contribution in [1.82, 2.24) is 29.7 Å². The maximum absolute atomic E-state index is 11.6. The average Bonchev–Trinajstić information content (AvgIpc) is 3.24. The number of imidazole rings is 1. The van der Waals surface area contributed by atoms with E-state index in [0.717, 1.165) is 0 Å². The zero-order valence-electron chi connectivity index (χ0n) is 18.7. The number of hydrogen-bond donors (Lipinski definition) is 4. The van der Waals surface area contributed by atoms with Gasteiger partial charge >= 0.3 is 6.09 Å². The molecular weight excluding hydrogens is 418 g/mol. The number of nitrogens with two attached hydrogens (primary N) is 1. The largest absolute Gasteiger partial charge is 0.444 e. The van der Waals surface area contributed by atoms with Crippen LogP contribution in [0.25, 0.3) is 11.2 Å². The predicted molar refractivity (Wildman–Crippen MR) is 117 cm³/mol. The number of likely N-dealkylation sites (N-methyl/N-ethyl adjacent to an activating group) is 1. The molecule has 2 aromatic rings. The highest BCUT2D eigenvalue weighted by atomic mass is 16.6. The second-order valence-corrected chi connectivity index (χ2v) is 8.70. The molecule has 3 rings (SSSR count). The minimum atomic E-state index is -1.16. The number of fused-ring (bicyclic) bond motifs is 1. The number of nitrogen functional groups attached to an aromatic ring is 1. The highest BCUT2D eigenvalue weighted by Crippen LogP contribution is 2.32. The van der Waals surface area contributed by atoms with Gasteiger partial charge in [0.05, 0.1) is 6.33 Å². The van der Waals surface area contributed by atoms with Gasteiger partial charge < -0.3 is 35.6 Å². The lowest BCUT2D eigenvalue weighted by Gasteiger charge is -2.21. The van der Waals surface area contributed by atoms with E-state index in [9.17, 15) is 15.0 Å². The molecule has 0 spiro atoms. The molecule has 0 saturated carbocycles. The Morgan fingerprint density at radius 3 is 2.78 bits per heavy atom. The summed E-state index contributed by atoms with van der Waals surface area (Å²) in [5.41, 5.74) is 6.10. The first-order valence-corrected chi connectivity index (χ1v) is 10.3. The van der Waals surface area contributed by atoms with Crippen LogP contribution in [0.1, 0.15) is 27.0 Å². The number of aliphatic hydroxyl groups excluding tert-OH is 2. The number of aliphatic hydroxyl groups is 2. The number of alkyl carbamates (subject to hydrolysis) is 1. The summed E-state index contributed by atoms with van der Waals surface area (Å²) in [5, 5.41) is 23.7. The van der Waals surface area contributed by atoms with E-state index in [-0.39, 0.29) is 5.82 Å². The number of aromatic nitrogens is 4. The number of ether oxygens (including phenoxy) is 2. The molecule has 0 aliphatic carbocycles. The van der Waals surface area contributed by atoms with E-state index in [0.29, 0.717) is 30.8 Å². The Bertz CT molecular complexity index is 957. The third kappa shape index (κ3) is 5.71. The summed E-state index contributed by atoms with van der Waals surface area (Å²) in [6, 6.07) is 0. The summed E-state index contributed by atoms with van der Waals surface area (Å²) in [7, 11) is 1.86. The minimum Gasteiger partial charge on any atom is -0.444 e. The highest BCUT2D eigenvalue weighted by Gasteiger charge is 2.44. The summed E-state index contributed by atoms with van der Waals surface area (Å²) in [6.07, 6.45) is 2.28. The molecule has 2 aromatic heterocycles. The molecule has 1 aliphatic heterocycles. The second kappa shape index (κ2) is 9.77. The number of rotatable bonds is 7. The number of carbonyl (C=O) groups excluding carboxylic acids is 1. The molecule has 5 N–H and O–H groups in total. The Balaban J connectivity index is 1.51. The summed E-state index contributed by atoms with van der Waals surface area (Å²) < 4.78 is 12.6. The smallest absolute Gasteiger partial charge is 0.407 e. The van der Waals surface area contributed by atoms with Crippen molar-refractivity contribution < 1.29 is 24.5 Å². The molecule has 0 bridgehead atoms. The van der Waals surface area contributed by atoms with Gasteiger partial charge in [0.25, 0.3) is 0 Å². The Morgan fingerprint density at radius 2 is 2.06 bits per heavy atom. The van der Waals surface area contributed by atoms with E-state index < -0.39 is 36.2 Å². The van der Waals surface area contributed by atoms with Gasteiger partial charge in [-0.3, -0.25) is 4.57 Å². The Labute approximate surface area is 186 Å². The number of nitrogens with one attached hydrogen (secondary N) is 1. The van der Waals surface area contributed by atoms with E-state index in [2.05, 4.69) is 20.3 Å². The predicted octanol–water partition coefficient (Wildman–Crippen LogP) is 0.0404. The fourth-order valence-corrected chi connectivity index (χ4v) is 3.34. The normalized spacial score (nSPS) is 24.0. The van der Waals surface area contributed by atoms with Gasteiger partial charge in [-0.05, 0) is 27.8 Å². The molecule has 1 aliphatic rings. The number of anilines is 1. The van der Waals surface area contributed by atoms with Gasteiger partial charge in [0.1, 0.15) is 35.8 Å². The molecule has 1 saturated heterocycles. The maximum atomic E-state index is 11.6. The van der Waals surface area contributed by atoms with E-state index >= 15 is 0 Å². The van der Waals surface area contributed by atoms with E-state index in [4.69, 9.17) is 15.2 Å². The average molecular weight is 450 g/mol. The van der Waals surface area contributed by atoms with Crippen molar-refractivity contribution in [2.75, 3.05) is 32.4 Å². The molecule has 176 valence electrons. The fourth-order valence-electron chi connectivity index (χ4n) is 3.34. The quantitative estimate of drug-likeness (QED) is 0.425. The van der Waals surface area contributed by atoms with Crippen LogP contribution >= 0.6 is 0 Å². The van der Waals surface area contributed by atoms with Crippen molar-refractivity contribution in [2.24, 2.45) is 0 Å². The monoisotopic (exact) mass is 449 g/mol. The van der Waals surface area contributed by atoms with Crippen molar-refractivity contribution in [3.63, 3.8) is 0 Å². The van der Waals surface area contributed by atoms with E-state index in [1.165, 1.54) is 12.7 Å². The summed E-state index contributed by atoms with van der Waals surface area (Å²) in [5.74, 6) is 0.228. The molecule has 32 heavy (non-hydrogen) atoms. The standard InChI is InChI=1S/C20H31N7O5/c1-20(2,3)32-19(30)22-7-5-6-8-26(4)9-12-14(28)15(29)18(31-12)27-11-25-13-16(21)23-10-24-17(13)27/h5-6,10-12,14-15,18,28-29H,7-9H2,1-4H3,(H,22,30)(H2,21,23,24)/b6-5-/t12-,14-,15-,18-/m1/s1. The third-order valence-electron chi connectivity index (χ3n) is 4.84. The molecule has 12 nitrogen and oxygen atoms in total. The van der Waals surface area contributed by atoms with Crippen LogP contribution in [0.5, 0.6) is 0 Å². The molecule has 3 heterocycles. The zero-order chi connectivity index (χ0) is 23.5. The van der Waals surface area contributed by atoms with Gasteiger partial charge in [-0.1, -0.05) is 12.2 Å². The van der Waals surface area contributed by atoms with Crippen molar-refractivity contribution in [3.8, 4) is 0 Å². The van der Waals surface area contributed by atoms with Crippen LogP contribution in [0.4, 0.5) is 10.6 Å². The molecule has 0 aromatic carbocycles. The first-order chi connectivity index (χ1) is 15.1. The Kier molecular flexibility index (Phi) is 7.29. The highest BCUT2D eigenvalue weighted by molar-refractivity contribution is 5.81. The number of nitrogens with zero attached hydrogens (tertiary/aromatic N) is 5. The van der Waals surface area contributed by atoms with Gasteiger partial charge in [0.15, 0.2) is 17.7 Å². The molecular formula is C20H31N7O5. The van der Waals surface area contributed by atoms with Crippen LogP contribution in [-0.2, 0) is 9.47 Å². The zero-order valence-corrected chi connectivity index (χ0v) is 18.7. The fraction of sp³-hybridized carbons (Fsp3) is 0.600. The van der Waals surface area contributed by atoms with Gasteiger partial charge in [0, 0.05) is 19.6 Å². The molecule has 12 heteroatoms. The summed E-state index contributed by atoms with van der Waals surface area (Å²) >= 11 is 0. The van der Waals surface area contributed by atoms with Crippen LogP contribution in [0.3, 0.4) is 0 Å². The van der Waals surface area contributed by atoms with Crippen molar-refractivity contribution in [1.29, 1.82) is 0 Å². The topological polar surface area (TPSA) is 161 Å². The van der Waals surface area contributed by atoms with Gasteiger partial charge in [-0.25, -0.2) is 19.7 Å². The van der Waals surface area contributed by atoms with Crippen LogP contribution in [0, 0.1) is 0 Å². The molecule has 0 radical (unpaired) electrons. The molecule has 1 amide bonds. The lowest BCUT2D eigenvalue weighted by atomic mass is 10.1. The summed E-state index contributed by atoms with van der Waals surface area (Å²) in [6.45, 7) is 6.68. The van der Waals surface area contributed by atoms with E-state index in [1.54, 1.807) is 25.3 Å². The van der Waals surface area contributed by atoms with Crippen LogP contribution in [0.2, 0.25) is 0 Å². The van der Waals surface area contributed by atoms with Crippen LogP contribution in [-0.4, -0.2) is 91.3 Å². The third-order valence-corrected chi connectivity index (χ3v) is 4.84. The lowest BCUT2D eigenvalue weighted by Crippen LogP contribution is -2.38. The molecule has 4 atom stereocenters. The minimum absolute atomic E-state index is 0.228. The van der Waals surface area contributed by atoms with Crippen molar-refractivity contribution in [2.45, 2.75) is 50.9 Å². The molecule has 0 unspecified atom stereocenters. The van der Waals surface area contributed by atoms with Crippen LogP contribution < -0.4 is 11.1 Å². The molecule has 1 fully saturated rings.